The highest BCUT2D eigenvalue weighted by atomic mass is 127. The highest BCUT2D eigenvalue weighted by Crippen LogP contribution is 2.27. The maximum absolute atomic E-state index is 5.34. The summed E-state index contributed by atoms with van der Waals surface area (Å²) >= 11 is 0. The number of aromatic nitrogens is 1. The van der Waals surface area contributed by atoms with E-state index in [4.69, 9.17) is 14.2 Å². The van der Waals surface area contributed by atoms with E-state index < -0.39 is 0 Å². The van der Waals surface area contributed by atoms with Gasteiger partial charge in [0.25, 0.3) is 0 Å². The smallest absolute Gasteiger partial charge is 0.218 e. The van der Waals surface area contributed by atoms with Crippen molar-refractivity contribution in [2.24, 2.45) is 4.99 Å². The lowest BCUT2D eigenvalue weighted by atomic mass is 10.1. The quantitative estimate of drug-likeness (QED) is 0.340. The van der Waals surface area contributed by atoms with Crippen molar-refractivity contribution < 1.29 is 14.2 Å². The van der Waals surface area contributed by atoms with Crippen LogP contribution in [0.5, 0.6) is 17.4 Å². The van der Waals surface area contributed by atoms with Crippen LogP contribution in [0.4, 0.5) is 0 Å². The number of aliphatic imine (C=N–C) groups is 1. The molecule has 0 bridgehead atoms. The fraction of sp³-hybridized carbons (Fsp3) is 0.368. The van der Waals surface area contributed by atoms with Crippen LogP contribution in [-0.2, 0) is 13.0 Å². The minimum Gasteiger partial charge on any atom is -0.493 e. The van der Waals surface area contributed by atoms with Crippen LogP contribution in [0, 0.1) is 0 Å². The number of methoxy groups -OCH3 is 3. The van der Waals surface area contributed by atoms with Gasteiger partial charge < -0.3 is 24.8 Å². The average molecular weight is 486 g/mol. The lowest BCUT2D eigenvalue weighted by molar-refractivity contribution is 0.354. The third kappa shape index (κ3) is 6.78. The molecule has 1 aromatic heterocycles. The third-order valence-corrected chi connectivity index (χ3v) is 3.87. The van der Waals surface area contributed by atoms with Gasteiger partial charge in [-0.05, 0) is 30.2 Å². The molecule has 148 valence electrons. The van der Waals surface area contributed by atoms with E-state index in [-0.39, 0.29) is 24.0 Å². The van der Waals surface area contributed by atoms with Crippen LogP contribution >= 0.6 is 24.0 Å². The maximum Gasteiger partial charge on any atom is 0.218 e. The van der Waals surface area contributed by atoms with E-state index in [9.17, 15) is 0 Å². The van der Waals surface area contributed by atoms with E-state index in [0.717, 1.165) is 41.6 Å². The van der Waals surface area contributed by atoms with Crippen molar-refractivity contribution in [2.75, 3.05) is 34.9 Å². The number of pyridine rings is 1. The SMILES string of the molecule is CN=C(NCCc1ccc(OC)c(OC)c1)NCc1cccnc1OC.I. The molecule has 0 aliphatic carbocycles. The van der Waals surface area contributed by atoms with E-state index in [0.29, 0.717) is 12.4 Å². The number of nitrogens with zero attached hydrogens (tertiary/aromatic N) is 2. The summed E-state index contributed by atoms with van der Waals surface area (Å²) in [5, 5.41) is 6.56. The number of ether oxygens (including phenoxy) is 3. The van der Waals surface area contributed by atoms with Crippen LogP contribution in [0.1, 0.15) is 11.1 Å². The van der Waals surface area contributed by atoms with Crippen molar-refractivity contribution in [3.05, 3.63) is 47.7 Å². The van der Waals surface area contributed by atoms with Gasteiger partial charge in [0.2, 0.25) is 5.88 Å². The average Bonchev–Trinajstić information content (AvgIpc) is 2.70. The molecule has 1 aromatic carbocycles. The Morgan fingerprint density at radius 2 is 1.81 bits per heavy atom. The van der Waals surface area contributed by atoms with E-state index in [1.165, 1.54) is 0 Å². The first-order valence-electron chi connectivity index (χ1n) is 8.35. The molecule has 0 unspecified atom stereocenters. The van der Waals surface area contributed by atoms with Gasteiger partial charge in [0.05, 0.1) is 21.3 Å². The Kier molecular flexibility index (Phi) is 10.3. The molecule has 8 heteroatoms. The zero-order valence-corrected chi connectivity index (χ0v) is 18.4. The van der Waals surface area contributed by atoms with E-state index in [1.807, 2.05) is 30.3 Å². The summed E-state index contributed by atoms with van der Waals surface area (Å²) in [7, 11) is 6.62. The largest absolute Gasteiger partial charge is 0.493 e. The predicted molar refractivity (Wildman–Crippen MR) is 118 cm³/mol. The van der Waals surface area contributed by atoms with Crippen molar-refractivity contribution >= 4 is 29.9 Å². The van der Waals surface area contributed by atoms with Crippen LogP contribution in [0.15, 0.2) is 41.5 Å². The molecule has 0 spiro atoms. The fourth-order valence-electron chi connectivity index (χ4n) is 2.50. The summed E-state index contributed by atoms with van der Waals surface area (Å²) in [6, 6.07) is 9.77. The van der Waals surface area contributed by atoms with Gasteiger partial charge in [-0.1, -0.05) is 12.1 Å². The molecular formula is C19H27IN4O3. The number of hydrogen-bond acceptors (Lipinski definition) is 5. The summed E-state index contributed by atoms with van der Waals surface area (Å²) < 4.78 is 15.9. The predicted octanol–water partition coefficient (Wildman–Crippen LogP) is 2.63. The Morgan fingerprint density at radius 3 is 2.48 bits per heavy atom. The maximum atomic E-state index is 5.34. The molecule has 2 N–H and O–H groups in total. The van der Waals surface area contributed by atoms with Crippen LogP contribution in [-0.4, -0.2) is 45.9 Å². The van der Waals surface area contributed by atoms with Gasteiger partial charge in [0.1, 0.15) is 0 Å². The Hall–Kier alpha value is -2.23. The second kappa shape index (κ2) is 12.2. The van der Waals surface area contributed by atoms with Gasteiger partial charge in [-0.2, -0.15) is 0 Å². The second-order valence-corrected chi connectivity index (χ2v) is 5.46. The lowest BCUT2D eigenvalue weighted by Crippen LogP contribution is -2.37. The highest BCUT2D eigenvalue weighted by Gasteiger charge is 2.06. The zero-order chi connectivity index (χ0) is 18.8. The highest BCUT2D eigenvalue weighted by molar-refractivity contribution is 14.0. The number of benzene rings is 1. The van der Waals surface area contributed by atoms with Crippen LogP contribution in [0.25, 0.3) is 0 Å². The van der Waals surface area contributed by atoms with E-state index in [2.05, 4.69) is 20.6 Å². The topological polar surface area (TPSA) is 77.0 Å². The van der Waals surface area contributed by atoms with Gasteiger partial charge >= 0.3 is 0 Å². The Morgan fingerprint density at radius 1 is 1.04 bits per heavy atom. The van der Waals surface area contributed by atoms with Crippen LogP contribution in [0.2, 0.25) is 0 Å². The first-order valence-corrected chi connectivity index (χ1v) is 8.35. The Balaban J connectivity index is 0.00000364. The molecule has 0 amide bonds. The fourth-order valence-corrected chi connectivity index (χ4v) is 2.50. The molecule has 0 aliphatic heterocycles. The van der Waals surface area contributed by atoms with Crippen molar-refractivity contribution in [1.29, 1.82) is 0 Å². The number of guanidine groups is 1. The van der Waals surface area contributed by atoms with Crippen LogP contribution < -0.4 is 24.8 Å². The lowest BCUT2D eigenvalue weighted by Gasteiger charge is -2.14. The van der Waals surface area contributed by atoms with Gasteiger partial charge in [0.15, 0.2) is 17.5 Å². The number of nitrogens with one attached hydrogen (secondary N) is 2. The van der Waals surface area contributed by atoms with Crippen LogP contribution in [0.3, 0.4) is 0 Å². The van der Waals surface area contributed by atoms with Crippen molar-refractivity contribution in [2.45, 2.75) is 13.0 Å². The zero-order valence-electron chi connectivity index (χ0n) is 16.1. The molecule has 1 heterocycles. The normalized spacial score (nSPS) is 10.6. The number of rotatable bonds is 8. The summed E-state index contributed by atoms with van der Waals surface area (Å²) in [6.07, 6.45) is 2.54. The minimum atomic E-state index is 0. The Bertz CT molecular complexity index is 741. The summed E-state index contributed by atoms with van der Waals surface area (Å²) in [4.78, 5) is 8.43. The monoisotopic (exact) mass is 486 g/mol. The third-order valence-electron chi connectivity index (χ3n) is 3.87. The molecule has 2 aromatic rings. The molecule has 27 heavy (non-hydrogen) atoms. The van der Waals surface area contributed by atoms with Gasteiger partial charge in [-0.3, -0.25) is 4.99 Å². The Labute approximate surface area is 177 Å². The molecule has 0 fully saturated rings. The molecule has 0 atom stereocenters. The standard InChI is InChI=1S/C19H26N4O3.HI/c1-20-19(23-13-15-6-5-10-21-18(15)26-4)22-11-9-14-7-8-16(24-2)17(12-14)25-3;/h5-8,10,12H,9,11,13H2,1-4H3,(H2,20,22,23);1H. The molecule has 0 aliphatic rings. The molecule has 0 saturated carbocycles. The van der Waals surface area contributed by atoms with Gasteiger partial charge in [-0.15, -0.1) is 24.0 Å². The first-order chi connectivity index (χ1) is 12.7. The van der Waals surface area contributed by atoms with Crippen molar-refractivity contribution in [1.82, 2.24) is 15.6 Å². The molecule has 7 nitrogen and oxygen atoms in total. The van der Waals surface area contributed by atoms with Crippen molar-refractivity contribution in [3.63, 3.8) is 0 Å². The molecule has 0 radical (unpaired) electrons. The van der Waals surface area contributed by atoms with Gasteiger partial charge in [-0.25, -0.2) is 4.98 Å². The molecule has 0 saturated heterocycles. The van der Waals surface area contributed by atoms with Crippen molar-refractivity contribution in [3.8, 4) is 17.4 Å². The summed E-state index contributed by atoms with van der Waals surface area (Å²) in [6.45, 7) is 1.31. The number of halogens is 1. The summed E-state index contributed by atoms with van der Waals surface area (Å²) in [5.74, 6) is 2.79. The van der Waals surface area contributed by atoms with Gasteiger partial charge in [0, 0.05) is 31.9 Å². The second-order valence-electron chi connectivity index (χ2n) is 5.46. The number of hydrogen-bond donors (Lipinski definition) is 2. The minimum absolute atomic E-state index is 0. The van der Waals surface area contributed by atoms with E-state index >= 15 is 0 Å². The molecule has 2 rings (SSSR count). The van der Waals surface area contributed by atoms with E-state index in [1.54, 1.807) is 34.6 Å². The molecular weight excluding hydrogens is 459 g/mol. The first kappa shape index (κ1) is 22.8. The summed E-state index contributed by atoms with van der Waals surface area (Å²) in [5.41, 5.74) is 2.12.